The van der Waals surface area contributed by atoms with Gasteiger partial charge in [-0.2, -0.15) is 0 Å². The molecule has 3 N–H and O–H groups in total. The molecule has 33 heavy (non-hydrogen) atoms. The topological polar surface area (TPSA) is 78.8 Å². The number of aliphatic hydroxyl groups is 1. The fourth-order valence-corrected chi connectivity index (χ4v) is 3.94. The zero-order valence-corrected chi connectivity index (χ0v) is 20.2. The van der Waals surface area contributed by atoms with Crippen LogP contribution in [-0.4, -0.2) is 35.3 Å². The van der Waals surface area contributed by atoms with Crippen molar-refractivity contribution >= 4 is 34.6 Å². The number of anilines is 2. The predicted octanol–water partition coefficient (Wildman–Crippen LogP) is 4.36. The van der Waals surface area contributed by atoms with E-state index in [1.54, 1.807) is 17.7 Å². The summed E-state index contributed by atoms with van der Waals surface area (Å²) in [5.41, 5.74) is 9.29. The Morgan fingerprint density at radius 1 is 1.00 bits per heavy atom. The number of aliphatic hydroxyl groups excluding tert-OH is 1. The lowest BCUT2D eigenvalue weighted by atomic mass is 10.1. The third-order valence-electron chi connectivity index (χ3n) is 5.23. The number of nitrogens with one attached hydrogen (secondary N) is 2. The van der Waals surface area contributed by atoms with Crippen molar-refractivity contribution in [2.24, 2.45) is 0 Å². The number of para-hydroxylation sites is 1. The van der Waals surface area contributed by atoms with Gasteiger partial charge in [0.05, 0.1) is 29.6 Å². The lowest BCUT2D eigenvalue weighted by Gasteiger charge is -2.25. The zero-order valence-electron chi connectivity index (χ0n) is 18.6. The van der Waals surface area contributed by atoms with Crippen LogP contribution in [0.3, 0.4) is 0 Å². The van der Waals surface area contributed by atoms with Gasteiger partial charge in [0.25, 0.3) is 5.56 Å². The van der Waals surface area contributed by atoms with Crippen LogP contribution in [0, 0.1) is 0 Å². The molecule has 0 spiro atoms. The van der Waals surface area contributed by atoms with Gasteiger partial charge in [-0.15, -0.1) is 0 Å². The molecule has 1 aromatic heterocycles. The largest absolute Gasteiger partial charge is 0.392 e. The van der Waals surface area contributed by atoms with Crippen LogP contribution in [0.15, 0.2) is 59.4 Å². The molecule has 0 unspecified atom stereocenters. The first-order valence-electron chi connectivity index (χ1n) is 10.5. The first-order chi connectivity index (χ1) is 15.9. The summed E-state index contributed by atoms with van der Waals surface area (Å²) in [6, 6.07) is 16.4. The van der Waals surface area contributed by atoms with Gasteiger partial charge in [-0.25, -0.2) is 0 Å². The van der Waals surface area contributed by atoms with Crippen molar-refractivity contribution in [3.63, 3.8) is 0 Å². The molecule has 0 aliphatic heterocycles. The summed E-state index contributed by atoms with van der Waals surface area (Å²) < 4.78 is 6.84. The molecule has 2 aromatic carbocycles. The molecule has 0 aliphatic rings. The van der Waals surface area contributed by atoms with Gasteiger partial charge in [0.2, 0.25) is 0 Å². The molecule has 0 amide bonds. The summed E-state index contributed by atoms with van der Waals surface area (Å²) in [5, 5.41) is 11.5. The number of nitrogens with zero attached hydrogens (tertiary/aromatic N) is 2. The molecule has 0 aliphatic carbocycles. The number of hydrogen-bond acceptors (Lipinski definition) is 6. The van der Waals surface area contributed by atoms with E-state index in [2.05, 4.69) is 10.9 Å². The Kier molecular flexibility index (Phi) is 9.17. The average molecular weight is 491 g/mol. The number of halogens is 2. The molecule has 7 nitrogen and oxygen atoms in total. The number of hydrazine groups is 1. The number of hydrogen-bond donors (Lipinski definition) is 3. The molecule has 3 rings (SSSR count). The van der Waals surface area contributed by atoms with E-state index in [0.29, 0.717) is 58.9 Å². The molecular formula is C24H28Cl2N4O3. The average Bonchev–Trinajstić information content (AvgIpc) is 2.79. The fraction of sp³-hybridized carbons (Fsp3) is 0.292. The maximum Gasteiger partial charge on any atom is 0.253 e. The van der Waals surface area contributed by atoms with E-state index in [1.165, 1.54) is 6.07 Å². The molecular weight excluding hydrogens is 463 g/mol. The Bertz CT molecular complexity index is 1140. The van der Waals surface area contributed by atoms with Gasteiger partial charge >= 0.3 is 0 Å². The van der Waals surface area contributed by atoms with Gasteiger partial charge in [0.15, 0.2) is 0 Å². The zero-order chi connectivity index (χ0) is 23.8. The van der Waals surface area contributed by atoms with Gasteiger partial charge < -0.3 is 19.8 Å². The summed E-state index contributed by atoms with van der Waals surface area (Å²) in [6.07, 6.45) is 0. The number of ether oxygens (including phenoxy) is 1. The van der Waals surface area contributed by atoms with Crippen LogP contribution < -0.4 is 16.4 Å². The molecule has 0 radical (unpaired) electrons. The highest BCUT2D eigenvalue weighted by atomic mass is 35.5. The second kappa shape index (κ2) is 12.1. The minimum atomic E-state index is -0.255. The van der Waals surface area contributed by atoms with Crippen molar-refractivity contribution in [1.29, 1.82) is 0 Å². The van der Waals surface area contributed by atoms with Crippen molar-refractivity contribution in [2.75, 3.05) is 31.6 Å². The Morgan fingerprint density at radius 3 is 2.33 bits per heavy atom. The van der Waals surface area contributed by atoms with Gasteiger partial charge in [0, 0.05) is 49.1 Å². The van der Waals surface area contributed by atoms with E-state index in [-0.39, 0.29) is 12.2 Å². The third kappa shape index (κ3) is 6.50. The number of pyridine rings is 1. The fourth-order valence-electron chi connectivity index (χ4n) is 3.56. The lowest BCUT2D eigenvalue weighted by Crippen LogP contribution is -2.31. The third-order valence-corrected chi connectivity index (χ3v) is 5.93. The van der Waals surface area contributed by atoms with Crippen LogP contribution >= 0.6 is 23.2 Å². The Labute approximate surface area is 203 Å². The van der Waals surface area contributed by atoms with E-state index >= 15 is 0 Å². The maximum absolute atomic E-state index is 13.0. The SMILES string of the molecule is COCCn1c(CN(C)Cc2ccccc2Cl)c(CO)c(NNc2ccccc2Cl)cc1=O. The minimum absolute atomic E-state index is 0.200. The van der Waals surface area contributed by atoms with E-state index in [1.807, 2.05) is 54.4 Å². The lowest BCUT2D eigenvalue weighted by molar-refractivity contribution is 0.182. The summed E-state index contributed by atoms with van der Waals surface area (Å²) in [7, 11) is 3.53. The number of benzene rings is 2. The first kappa shape index (κ1) is 25.1. The number of rotatable bonds is 11. The maximum atomic E-state index is 13.0. The Morgan fingerprint density at radius 2 is 1.67 bits per heavy atom. The van der Waals surface area contributed by atoms with Crippen LogP contribution in [0.1, 0.15) is 16.8 Å². The van der Waals surface area contributed by atoms with Crippen molar-refractivity contribution in [3.8, 4) is 0 Å². The van der Waals surface area contributed by atoms with E-state index in [0.717, 1.165) is 5.56 Å². The highest BCUT2D eigenvalue weighted by molar-refractivity contribution is 6.33. The number of aromatic nitrogens is 1. The molecule has 0 fully saturated rings. The second-order valence-corrected chi connectivity index (χ2v) is 8.43. The van der Waals surface area contributed by atoms with Crippen LogP contribution in [0.25, 0.3) is 0 Å². The van der Waals surface area contributed by atoms with Crippen LogP contribution in [0.2, 0.25) is 10.0 Å². The molecule has 9 heteroatoms. The highest BCUT2D eigenvalue weighted by Crippen LogP contribution is 2.24. The van der Waals surface area contributed by atoms with Gasteiger partial charge in [-0.1, -0.05) is 53.5 Å². The van der Waals surface area contributed by atoms with Gasteiger partial charge in [0.1, 0.15) is 0 Å². The molecule has 0 bridgehead atoms. The monoisotopic (exact) mass is 490 g/mol. The molecule has 1 heterocycles. The standard InChI is InChI=1S/C24H28Cl2N4O3/c1-29(14-17-7-3-4-8-19(17)25)15-23-18(16-31)22(13-24(32)30(23)11-12-33-2)28-27-21-10-6-5-9-20(21)26/h3-10,13,27-28,31H,11-12,14-16H2,1-2H3. The summed E-state index contributed by atoms with van der Waals surface area (Å²) in [5.74, 6) is 0. The predicted molar refractivity (Wildman–Crippen MR) is 134 cm³/mol. The first-order valence-corrected chi connectivity index (χ1v) is 11.2. The Balaban J connectivity index is 1.93. The van der Waals surface area contributed by atoms with Crippen LogP contribution in [-0.2, 0) is 31.0 Å². The molecule has 0 saturated carbocycles. The van der Waals surface area contributed by atoms with E-state index < -0.39 is 0 Å². The normalized spacial score (nSPS) is 11.1. The number of methoxy groups -OCH3 is 1. The second-order valence-electron chi connectivity index (χ2n) is 7.62. The van der Waals surface area contributed by atoms with Crippen molar-refractivity contribution < 1.29 is 9.84 Å². The highest BCUT2D eigenvalue weighted by Gasteiger charge is 2.18. The van der Waals surface area contributed by atoms with E-state index in [9.17, 15) is 9.90 Å². The van der Waals surface area contributed by atoms with Crippen molar-refractivity contribution in [2.45, 2.75) is 26.2 Å². The van der Waals surface area contributed by atoms with Gasteiger partial charge in [-0.3, -0.25) is 15.1 Å². The molecule has 176 valence electrons. The van der Waals surface area contributed by atoms with Crippen molar-refractivity contribution in [1.82, 2.24) is 9.47 Å². The molecule has 3 aromatic rings. The minimum Gasteiger partial charge on any atom is -0.392 e. The summed E-state index contributed by atoms with van der Waals surface area (Å²) >= 11 is 12.5. The van der Waals surface area contributed by atoms with Crippen LogP contribution in [0.5, 0.6) is 0 Å². The Hall–Kier alpha value is -2.55. The quantitative estimate of drug-likeness (QED) is 0.346. The van der Waals surface area contributed by atoms with Gasteiger partial charge in [-0.05, 0) is 30.8 Å². The summed E-state index contributed by atoms with van der Waals surface area (Å²) in [4.78, 5) is 15.0. The smallest absolute Gasteiger partial charge is 0.253 e. The molecule has 0 atom stereocenters. The summed E-state index contributed by atoms with van der Waals surface area (Å²) in [6.45, 7) is 1.49. The van der Waals surface area contributed by atoms with Crippen molar-refractivity contribution in [3.05, 3.63) is 91.8 Å². The van der Waals surface area contributed by atoms with E-state index in [4.69, 9.17) is 27.9 Å². The molecule has 0 saturated heterocycles. The van der Waals surface area contributed by atoms with Crippen LogP contribution in [0.4, 0.5) is 11.4 Å².